The van der Waals surface area contributed by atoms with Crippen molar-refractivity contribution in [3.63, 3.8) is 0 Å². The fraction of sp³-hybridized carbons (Fsp3) is 0.600. The first kappa shape index (κ1) is 8.27. The zero-order chi connectivity index (χ0) is 8.55. The summed E-state index contributed by atoms with van der Waals surface area (Å²) < 4.78 is 0. The fourth-order valence-corrected chi connectivity index (χ4v) is 2.90. The van der Waals surface area contributed by atoms with Gasteiger partial charge in [0.15, 0.2) is 0 Å². The molecule has 0 radical (unpaired) electrons. The molecular weight excluding hydrogens is 166 g/mol. The van der Waals surface area contributed by atoms with E-state index in [0.29, 0.717) is 0 Å². The number of likely N-dealkylation sites (N-methyl/N-ethyl adjacent to an activating group) is 1. The third kappa shape index (κ3) is 1.29. The predicted molar refractivity (Wildman–Crippen MR) is 53.7 cm³/mol. The molecule has 66 valence electrons. The molecule has 0 spiro atoms. The van der Waals surface area contributed by atoms with Crippen LogP contribution in [-0.2, 0) is 6.54 Å². The average molecular weight is 181 g/mol. The molecule has 0 fully saturated rings. The van der Waals surface area contributed by atoms with E-state index < -0.39 is 0 Å². The molecule has 2 rings (SSSR count). The molecule has 0 saturated carbocycles. The number of hydrogen-bond donors (Lipinski definition) is 0. The second-order valence-corrected chi connectivity index (χ2v) is 4.49. The van der Waals surface area contributed by atoms with Crippen molar-refractivity contribution in [2.24, 2.45) is 0 Å². The Morgan fingerprint density at radius 1 is 1.67 bits per heavy atom. The van der Waals surface area contributed by atoms with Crippen molar-refractivity contribution in [1.82, 2.24) is 4.90 Å². The molecule has 12 heavy (non-hydrogen) atoms. The molecule has 1 aromatic rings. The molecule has 0 amide bonds. The minimum Gasteiger partial charge on any atom is -0.299 e. The molecule has 1 atom stereocenters. The second-order valence-electron chi connectivity index (χ2n) is 3.54. The van der Waals surface area contributed by atoms with Crippen LogP contribution in [-0.4, -0.2) is 18.0 Å². The molecule has 0 N–H and O–H groups in total. The highest BCUT2D eigenvalue weighted by Gasteiger charge is 2.21. The van der Waals surface area contributed by atoms with E-state index in [4.69, 9.17) is 0 Å². The van der Waals surface area contributed by atoms with Crippen LogP contribution in [0.3, 0.4) is 0 Å². The van der Waals surface area contributed by atoms with Gasteiger partial charge in [0.1, 0.15) is 0 Å². The highest BCUT2D eigenvalue weighted by molar-refractivity contribution is 7.10. The molecule has 1 unspecified atom stereocenters. The molecule has 0 aliphatic carbocycles. The minimum atomic E-state index is 0.744. The summed E-state index contributed by atoms with van der Waals surface area (Å²) in [4.78, 5) is 4.12. The van der Waals surface area contributed by atoms with Crippen LogP contribution in [0.2, 0.25) is 0 Å². The molecular formula is C10H15NS. The third-order valence-electron chi connectivity index (χ3n) is 2.60. The topological polar surface area (TPSA) is 3.24 Å². The van der Waals surface area contributed by atoms with Crippen molar-refractivity contribution < 1.29 is 0 Å². The largest absolute Gasteiger partial charge is 0.299 e. The summed E-state index contributed by atoms with van der Waals surface area (Å²) in [5, 5.41) is 2.22. The van der Waals surface area contributed by atoms with E-state index in [2.05, 4.69) is 30.2 Å². The third-order valence-corrected chi connectivity index (χ3v) is 3.79. The summed E-state index contributed by atoms with van der Waals surface area (Å²) >= 11 is 1.92. The quantitative estimate of drug-likeness (QED) is 0.644. The number of rotatable bonds is 1. The molecule has 1 nitrogen and oxygen atoms in total. The van der Waals surface area contributed by atoms with Crippen LogP contribution in [0.1, 0.15) is 30.2 Å². The lowest BCUT2D eigenvalue weighted by Gasteiger charge is -2.29. The van der Waals surface area contributed by atoms with Gasteiger partial charge < -0.3 is 0 Å². The maximum atomic E-state index is 2.51. The van der Waals surface area contributed by atoms with E-state index in [1.54, 1.807) is 10.4 Å². The Morgan fingerprint density at radius 3 is 3.25 bits per heavy atom. The Morgan fingerprint density at radius 2 is 2.50 bits per heavy atom. The van der Waals surface area contributed by atoms with Crippen LogP contribution in [0.25, 0.3) is 0 Å². The van der Waals surface area contributed by atoms with Gasteiger partial charge in [0.05, 0.1) is 0 Å². The van der Waals surface area contributed by atoms with Crippen molar-refractivity contribution in [3.05, 3.63) is 21.9 Å². The van der Waals surface area contributed by atoms with Gasteiger partial charge in [-0.2, -0.15) is 0 Å². The van der Waals surface area contributed by atoms with Crippen molar-refractivity contribution >= 4 is 11.3 Å². The first-order valence-electron chi connectivity index (χ1n) is 4.60. The second kappa shape index (κ2) is 3.19. The zero-order valence-electron chi connectivity index (χ0n) is 7.71. The molecule has 1 aliphatic heterocycles. The summed E-state index contributed by atoms with van der Waals surface area (Å²) in [7, 11) is 0. The maximum Gasteiger partial charge on any atom is 0.0245 e. The van der Waals surface area contributed by atoms with Crippen molar-refractivity contribution in [2.75, 3.05) is 13.1 Å². The van der Waals surface area contributed by atoms with Crippen LogP contribution in [0, 0.1) is 0 Å². The summed E-state index contributed by atoms with van der Waals surface area (Å²) in [5.41, 5.74) is 1.56. The Balaban J connectivity index is 2.26. The number of hydrogen-bond acceptors (Lipinski definition) is 2. The van der Waals surface area contributed by atoms with Crippen LogP contribution in [0.4, 0.5) is 0 Å². The Kier molecular flexibility index (Phi) is 2.20. The molecule has 0 aromatic carbocycles. The number of nitrogens with zero attached hydrogens (tertiary/aromatic N) is 1. The summed E-state index contributed by atoms with van der Waals surface area (Å²) in [5.74, 6) is 0.744. The van der Waals surface area contributed by atoms with Crippen molar-refractivity contribution in [1.29, 1.82) is 0 Å². The Labute approximate surface area is 78.0 Å². The van der Waals surface area contributed by atoms with Gasteiger partial charge in [-0.05, 0) is 23.6 Å². The van der Waals surface area contributed by atoms with E-state index in [9.17, 15) is 0 Å². The highest BCUT2D eigenvalue weighted by atomic mass is 32.1. The van der Waals surface area contributed by atoms with Crippen LogP contribution >= 0.6 is 11.3 Å². The lowest BCUT2D eigenvalue weighted by atomic mass is 10.0. The number of fused-ring (bicyclic) bond motifs is 1. The van der Waals surface area contributed by atoms with Gasteiger partial charge in [-0.25, -0.2) is 0 Å². The highest BCUT2D eigenvalue weighted by Crippen LogP contribution is 2.31. The normalized spacial score (nSPS) is 24.0. The van der Waals surface area contributed by atoms with E-state index in [0.717, 1.165) is 5.92 Å². The Hall–Kier alpha value is -0.340. The van der Waals surface area contributed by atoms with Crippen molar-refractivity contribution in [3.8, 4) is 0 Å². The van der Waals surface area contributed by atoms with Gasteiger partial charge in [-0.3, -0.25) is 4.90 Å². The van der Waals surface area contributed by atoms with Gasteiger partial charge in [-0.15, -0.1) is 11.3 Å². The molecule has 1 aliphatic rings. The summed E-state index contributed by atoms with van der Waals surface area (Å²) in [6, 6.07) is 2.28. The van der Waals surface area contributed by atoms with Crippen LogP contribution in [0.5, 0.6) is 0 Å². The standard InChI is InChI=1S/C10H15NS/c1-3-11-6-8(2)10-9(7-11)4-5-12-10/h4-5,8H,3,6-7H2,1-2H3. The molecule has 0 saturated heterocycles. The molecule has 0 bridgehead atoms. The summed E-state index contributed by atoms with van der Waals surface area (Å²) in [6.07, 6.45) is 0. The van der Waals surface area contributed by atoms with E-state index >= 15 is 0 Å². The molecule has 2 heteroatoms. The van der Waals surface area contributed by atoms with E-state index in [-0.39, 0.29) is 0 Å². The lowest BCUT2D eigenvalue weighted by molar-refractivity contribution is 0.250. The fourth-order valence-electron chi connectivity index (χ4n) is 1.93. The average Bonchev–Trinajstić information content (AvgIpc) is 2.52. The van der Waals surface area contributed by atoms with Crippen molar-refractivity contribution in [2.45, 2.75) is 26.3 Å². The first-order chi connectivity index (χ1) is 5.81. The SMILES string of the molecule is CCN1Cc2ccsc2C(C)C1. The van der Waals surface area contributed by atoms with Crippen LogP contribution in [0.15, 0.2) is 11.4 Å². The maximum absolute atomic E-state index is 2.51. The summed E-state index contributed by atoms with van der Waals surface area (Å²) in [6.45, 7) is 8.16. The smallest absolute Gasteiger partial charge is 0.0245 e. The van der Waals surface area contributed by atoms with Gasteiger partial charge in [0, 0.05) is 23.9 Å². The lowest BCUT2D eigenvalue weighted by Crippen LogP contribution is -2.31. The zero-order valence-corrected chi connectivity index (χ0v) is 8.53. The van der Waals surface area contributed by atoms with Gasteiger partial charge in [0.25, 0.3) is 0 Å². The molecule has 1 aromatic heterocycles. The monoisotopic (exact) mass is 181 g/mol. The van der Waals surface area contributed by atoms with Gasteiger partial charge in [-0.1, -0.05) is 13.8 Å². The van der Waals surface area contributed by atoms with Gasteiger partial charge >= 0.3 is 0 Å². The van der Waals surface area contributed by atoms with E-state index in [1.807, 2.05) is 11.3 Å². The number of thiophene rings is 1. The van der Waals surface area contributed by atoms with E-state index in [1.165, 1.54) is 19.6 Å². The minimum absolute atomic E-state index is 0.744. The van der Waals surface area contributed by atoms with Gasteiger partial charge in [0.2, 0.25) is 0 Å². The van der Waals surface area contributed by atoms with Crippen LogP contribution < -0.4 is 0 Å². The Bertz CT molecular complexity index is 267. The first-order valence-corrected chi connectivity index (χ1v) is 5.48. The molecule has 2 heterocycles. The predicted octanol–water partition coefficient (Wildman–Crippen LogP) is 2.69.